The number of benzene rings is 1. The maximum atomic E-state index is 14.1. The molecule has 1 fully saturated rings. The van der Waals surface area contributed by atoms with Crippen molar-refractivity contribution in [2.45, 2.75) is 0 Å². The van der Waals surface area contributed by atoms with Gasteiger partial charge in [-0.15, -0.1) is 11.3 Å². The molecule has 1 saturated heterocycles. The molecule has 0 radical (unpaired) electrons. The Labute approximate surface area is 191 Å². The van der Waals surface area contributed by atoms with Crippen molar-refractivity contribution < 1.29 is 14.0 Å². The number of carbonyl (C=O) groups excluding carboxylic acids is 2. The van der Waals surface area contributed by atoms with E-state index in [1.165, 1.54) is 23.5 Å². The summed E-state index contributed by atoms with van der Waals surface area (Å²) in [6, 6.07) is 6.13. The number of piperazine rings is 1. The Bertz CT molecular complexity index is 1480. The Balaban J connectivity index is 1.61. The smallest absolute Gasteiger partial charge is 0.261 e. The Morgan fingerprint density at radius 3 is 2.64 bits per heavy atom. The Hall–Kier alpha value is -3.63. The highest BCUT2D eigenvalue weighted by Crippen LogP contribution is 2.38. The second-order valence-corrected chi connectivity index (χ2v) is 9.14. The first-order valence-electron chi connectivity index (χ1n) is 10.6. The van der Waals surface area contributed by atoms with Crippen LogP contribution in [0.1, 0.15) is 11.3 Å². The number of rotatable bonds is 3. The van der Waals surface area contributed by atoms with Gasteiger partial charge < -0.3 is 14.8 Å². The molecule has 6 rings (SSSR count). The summed E-state index contributed by atoms with van der Waals surface area (Å²) in [5.74, 6) is -0.997. The lowest BCUT2D eigenvalue weighted by molar-refractivity contribution is -0.122. The molecule has 2 N–H and O–H groups in total. The molecule has 0 bridgehead atoms. The number of hydrogen-bond donors (Lipinski definition) is 2. The predicted octanol–water partition coefficient (Wildman–Crippen LogP) is 2.63. The molecule has 2 amide bonds. The molecule has 166 valence electrons. The number of carbonyl (C=O) groups is 2. The Kier molecular flexibility index (Phi) is 4.52. The van der Waals surface area contributed by atoms with Gasteiger partial charge in [0.15, 0.2) is 0 Å². The summed E-state index contributed by atoms with van der Waals surface area (Å²) in [6.07, 6.45) is 1.74. The van der Waals surface area contributed by atoms with Crippen molar-refractivity contribution in [2.75, 3.05) is 38.1 Å². The fraction of sp³-hybridized carbons (Fsp3) is 0.217. The zero-order valence-electron chi connectivity index (χ0n) is 17.7. The molecule has 33 heavy (non-hydrogen) atoms. The van der Waals surface area contributed by atoms with Gasteiger partial charge >= 0.3 is 0 Å². The third kappa shape index (κ3) is 3.21. The van der Waals surface area contributed by atoms with Crippen LogP contribution in [-0.4, -0.2) is 64.9 Å². The number of aromatic amines is 1. The molecule has 2 aliphatic rings. The van der Waals surface area contributed by atoms with E-state index in [1.807, 2.05) is 23.4 Å². The number of imide groups is 1. The molecule has 0 unspecified atom stereocenters. The fourth-order valence-corrected chi connectivity index (χ4v) is 5.28. The number of nitrogens with zero attached hydrogens (tertiary/aromatic N) is 4. The van der Waals surface area contributed by atoms with Gasteiger partial charge in [-0.2, -0.15) is 0 Å². The van der Waals surface area contributed by atoms with Crippen molar-refractivity contribution >= 4 is 61.4 Å². The van der Waals surface area contributed by atoms with Gasteiger partial charge in [0.2, 0.25) is 5.95 Å². The molecule has 1 aromatic carbocycles. The van der Waals surface area contributed by atoms with Crippen molar-refractivity contribution in [1.82, 2.24) is 25.2 Å². The number of H-pyrrole nitrogens is 1. The second-order valence-electron chi connectivity index (χ2n) is 8.22. The van der Waals surface area contributed by atoms with Crippen molar-refractivity contribution in [3.05, 3.63) is 52.9 Å². The second kappa shape index (κ2) is 7.46. The number of halogens is 1. The lowest BCUT2D eigenvalue weighted by atomic mass is 9.99. The molecule has 4 aromatic rings. The summed E-state index contributed by atoms with van der Waals surface area (Å²) in [7, 11) is 2.05. The van der Waals surface area contributed by atoms with Gasteiger partial charge in [-0.25, -0.2) is 14.4 Å². The van der Waals surface area contributed by atoms with Crippen LogP contribution < -0.4 is 10.2 Å². The maximum absolute atomic E-state index is 14.1. The minimum absolute atomic E-state index is 0.184. The number of aromatic nitrogens is 3. The molecule has 0 spiro atoms. The number of likely N-dealkylation sites (N-methyl/N-ethyl adjacent to an activating group) is 1. The zero-order chi connectivity index (χ0) is 22.7. The van der Waals surface area contributed by atoms with Gasteiger partial charge in [0.1, 0.15) is 5.82 Å². The Morgan fingerprint density at radius 2 is 1.82 bits per heavy atom. The van der Waals surface area contributed by atoms with Crippen LogP contribution in [0.15, 0.2) is 35.8 Å². The number of thiophene rings is 1. The molecule has 2 aliphatic heterocycles. The van der Waals surface area contributed by atoms with E-state index < -0.39 is 17.6 Å². The van der Waals surface area contributed by atoms with Crippen LogP contribution >= 0.6 is 11.3 Å². The largest absolute Gasteiger partial charge is 0.360 e. The zero-order valence-corrected chi connectivity index (χ0v) is 18.5. The van der Waals surface area contributed by atoms with Crippen LogP contribution in [0.5, 0.6) is 0 Å². The van der Waals surface area contributed by atoms with Crippen LogP contribution in [0.2, 0.25) is 0 Å². The fourth-order valence-electron chi connectivity index (χ4n) is 4.40. The van der Waals surface area contributed by atoms with Crippen LogP contribution in [0, 0.1) is 5.82 Å². The van der Waals surface area contributed by atoms with Crippen molar-refractivity contribution in [1.29, 1.82) is 0 Å². The van der Waals surface area contributed by atoms with Gasteiger partial charge in [-0.3, -0.25) is 14.9 Å². The van der Waals surface area contributed by atoms with E-state index in [9.17, 15) is 14.0 Å². The lowest BCUT2D eigenvalue weighted by Crippen LogP contribution is -2.45. The summed E-state index contributed by atoms with van der Waals surface area (Å²) in [5.41, 5.74) is 2.71. The number of nitrogens with one attached hydrogen (secondary N) is 2. The first-order chi connectivity index (χ1) is 16.0. The van der Waals surface area contributed by atoms with Crippen molar-refractivity contribution in [3.63, 3.8) is 0 Å². The highest BCUT2D eigenvalue weighted by atomic mass is 32.1. The van der Waals surface area contributed by atoms with Crippen LogP contribution in [0.3, 0.4) is 0 Å². The van der Waals surface area contributed by atoms with Gasteiger partial charge in [0.05, 0.1) is 32.6 Å². The molecule has 8 nitrogen and oxygen atoms in total. The summed E-state index contributed by atoms with van der Waals surface area (Å²) < 4.78 is 15.0. The molecular formula is C23H19FN6O2S. The number of amides is 2. The van der Waals surface area contributed by atoms with Crippen LogP contribution in [-0.2, 0) is 9.59 Å². The molecule has 5 heterocycles. The summed E-state index contributed by atoms with van der Waals surface area (Å²) >= 11 is 1.49. The first kappa shape index (κ1) is 20.0. The monoisotopic (exact) mass is 462 g/mol. The predicted molar refractivity (Wildman–Crippen MR) is 125 cm³/mol. The minimum atomic E-state index is -0.519. The van der Waals surface area contributed by atoms with E-state index >= 15 is 0 Å². The molecule has 10 heteroatoms. The average Bonchev–Trinajstić information content (AvgIpc) is 3.48. The first-order valence-corrected chi connectivity index (χ1v) is 11.4. The van der Waals surface area contributed by atoms with Crippen LogP contribution in [0.4, 0.5) is 10.3 Å². The van der Waals surface area contributed by atoms with Crippen molar-refractivity contribution in [2.24, 2.45) is 0 Å². The molecule has 3 aromatic heterocycles. The molecule has 0 atom stereocenters. The van der Waals surface area contributed by atoms with Gasteiger partial charge in [-0.1, -0.05) is 0 Å². The highest BCUT2D eigenvalue weighted by Gasteiger charge is 2.36. The third-order valence-corrected chi connectivity index (χ3v) is 7.10. The van der Waals surface area contributed by atoms with E-state index in [1.54, 1.807) is 12.3 Å². The Morgan fingerprint density at radius 1 is 1.03 bits per heavy atom. The van der Waals surface area contributed by atoms with Crippen molar-refractivity contribution in [3.8, 4) is 0 Å². The summed E-state index contributed by atoms with van der Waals surface area (Å²) in [5, 5.41) is 4.87. The van der Waals surface area contributed by atoms with Crippen LogP contribution in [0.25, 0.3) is 32.3 Å². The van der Waals surface area contributed by atoms with E-state index in [-0.39, 0.29) is 11.1 Å². The maximum Gasteiger partial charge on any atom is 0.261 e. The summed E-state index contributed by atoms with van der Waals surface area (Å²) in [4.78, 5) is 42.7. The molecule has 0 aliphatic carbocycles. The van der Waals surface area contributed by atoms with E-state index in [0.29, 0.717) is 41.2 Å². The number of hydrogen-bond acceptors (Lipinski definition) is 7. The van der Waals surface area contributed by atoms with E-state index in [0.717, 1.165) is 23.3 Å². The third-order valence-electron chi connectivity index (χ3n) is 6.15. The minimum Gasteiger partial charge on any atom is -0.360 e. The quantitative estimate of drug-likeness (QED) is 0.455. The average molecular weight is 463 g/mol. The standard InChI is InChI=1S/C23H19FN6O2S/c1-29-5-7-30(8-6-29)23-26-16-10-12(24)2-3-13(16)19(27-23)18-17(21(31)28-22(18)32)14-11-25-15-4-9-33-20(14)15/h2-4,9-11,25H,5-8H2,1H3,(H,28,31,32). The van der Waals surface area contributed by atoms with Gasteiger partial charge in [0.25, 0.3) is 11.8 Å². The summed E-state index contributed by atoms with van der Waals surface area (Å²) in [6.45, 7) is 3.10. The topological polar surface area (TPSA) is 94.2 Å². The van der Waals surface area contributed by atoms with E-state index in [4.69, 9.17) is 4.98 Å². The van der Waals surface area contributed by atoms with Gasteiger partial charge in [-0.05, 0) is 30.6 Å². The SMILES string of the molecule is CN1CCN(c2nc(C3=C(c4c[nH]c5ccsc45)C(=O)NC3=O)c3ccc(F)cc3n2)CC1. The highest BCUT2D eigenvalue weighted by molar-refractivity contribution is 7.17. The van der Waals surface area contributed by atoms with E-state index in [2.05, 4.69) is 20.2 Å². The lowest BCUT2D eigenvalue weighted by Gasteiger charge is -2.32. The molecular weight excluding hydrogens is 443 g/mol. The molecule has 0 saturated carbocycles. The number of fused-ring (bicyclic) bond motifs is 2. The van der Waals surface area contributed by atoms with Gasteiger partial charge in [0, 0.05) is 49.4 Å². The number of anilines is 1. The normalized spacial score (nSPS) is 17.6.